The van der Waals surface area contributed by atoms with Crippen LogP contribution in [0.3, 0.4) is 0 Å². The summed E-state index contributed by atoms with van der Waals surface area (Å²) in [4.78, 5) is 0. The molecule has 6 aromatic rings. The van der Waals surface area contributed by atoms with Crippen LogP contribution in [0.4, 0.5) is 105 Å². The Morgan fingerprint density at radius 3 is 0.835 bits per heavy atom. The van der Waals surface area contributed by atoms with Crippen LogP contribution < -0.4 is 37.2 Å². The molecule has 27 heteroatoms. The van der Waals surface area contributed by atoms with Gasteiger partial charge in [-0.05, 0) is 67.1 Å². The molecule has 1 atom stereocenters. The zero-order chi connectivity index (χ0) is 59.4. The molecule has 1 nitrogen and oxygen atoms in total. The number of rotatable bonds is 14. The second-order valence-corrected chi connectivity index (χ2v) is 19.6. The van der Waals surface area contributed by atoms with E-state index in [9.17, 15) is 105 Å². The first-order chi connectivity index (χ1) is 36.1. The molecule has 0 N–H and O–H groups in total. The lowest BCUT2D eigenvalue weighted by atomic mass is 9.12. The van der Waals surface area contributed by atoms with E-state index in [-0.39, 0.29) is 8.58 Å². The van der Waals surface area contributed by atoms with E-state index >= 15 is 0 Å². The quantitative estimate of drug-likeness (QED) is 0.0457. The van der Waals surface area contributed by atoms with Crippen LogP contribution in [0.2, 0.25) is 0 Å². The normalized spacial score (nSPS) is 13.4. The third kappa shape index (κ3) is 16.7. The van der Waals surface area contributed by atoms with Crippen molar-refractivity contribution in [3.8, 4) is 5.75 Å². The zero-order valence-electron chi connectivity index (χ0n) is 40.2. The molecule has 0 aromatic heterocycles. The minimum Gasteiger partial charge on any atom is -0.494 e. The summed E-state index contributed by atoms with van der Waals surface area (Å²) >= 11 is 0. The van der Waals surface area contributed by atoms with Crippen molar-refractivity contribution >= 4 is 47.2 Å². The fourth-order valence-corrected chi connectivity index (χ4v) is 9.73. The Hall–Kier alpha value is -6.07. The van der Waals surface area contributed by atoms with E-state index in [4.69, 9.17) is 4.74 Å². The molecule has 0 aliphatic carbocycles. The molecule has 0 bridgehead atoms. The number of alkyl halides is 24. The summed E-state index contributed by atoms with van der Waals surface area (Å²) in [5, 5.41) is 2.85. The van der Waals surface area contributed by atoms with Gasteiger partial charge in [-0.1, -0.05) is 106 Å². The lowest BCUT2D eigenvalue weighted by Crippen LogP contribution is -2.75. The van der Waals surface area contributed by atoms with Crippen LogP contribution in [0, 0.1) is 0 Å². The van der Waals surface area contributed by atoms with Gasteiger partial charge in [0.2, 0.25) is 0 Å². The molecule has 1 unspecified atom stereocenters. The molecule has 0 fully saturated rings. The van der Waals surface area contributed by atoms with Crippen LogP contribution in [0.5, 0.6) is 5.75 Å². The molecular formula is C52H40BF24OP. The van der Waals surface area contributed by atoms with E-state index in [1.165, 1.54) is 49.1 Å². The summed E-state index contributed by atoms with van der Waals surface area (Å²) in [5.41, 5.74) is -30.2. The van der Waals surface area contributed by atoms with Crippen LogP contribution in [-0.4, -0.2) is 12.8 Å². The Kier molecular flexibility index (Phi) is 19.3. The largest absolute Gasteiger partial charge is 0.494 e. The smallest absolute Gasteiger partial charge is 0.416 e. The minimum absolute atomic E-state index is 0.189. The van der Waals surface area contributed by atoms with Gasteiger partial charge in [0.05, 0.1) is 70.3 Å². The average molecular weight is 1180 g/mol. The molecule has 0 saturated heterocycles. The van der Waals surface area contributed by atoms with E-state index in [1.54, 1.807) is 0 Å². The maximum Gasteiger partial charge on any atom is 0.416 e. The van der Waals surface area contributed by atoms with E-state index in [2.05, 4.69) is 61.5 Å². The molecule has 0 radical (unpaired) electrons. The lowest BCUT2D eigenvalue weighted by Gasteiger charge is -2.46. The van der Waals surface area contributed by atoms with Crippen molar-refractivity contribution in [2.24, 2.45) is 0 Å². The summed E-state index contributed by atoms with van der Waals surface area (Å²) in [6.45, 7) is 3.10. The molecule has 0 aliphatic rings. The summed E-state index contributed by atoms with van der Waals surface area (Å²) < 4.78 is 347. The van der Waals surface area contributed by atoms with Crippen LogP contribution in [0.15, 0.2) is 127 Å². The summed E-state index contributed by atoms with van der Waals surface area (Å²) in [5.74, 6) is 1.00. The van der Waals surface area contributed by atoms with Gasteiger partial charge in [0, 0.05) is 0 Å². The van der Waals surface area contributed by atoms with Crippen molar-refractivity contribution in [2.45, 2.75) is 94.9 Å². The van der Waals surface area contributed by atoms with Crippen LogP contribution in [-0.2, 0) is 49.4 Å². The maximum atomic E-state index is 14.2. The van der Waals surface area contributed by atoms with Gasteiger partial charge in [0.15, 0.2) is 0 Å². The average Bonchev–Trinajstić information content (AvgIpc) is 3.33. The number of benzene rings is 6. The van der Waals surface area contributed by atoms with Gasteiger partial charge in [-0.2, -0.15) is 127 Å². The Morgan fingerprint density at radius 2 is 0.570 bits per heavy atom. The maximum absolute atomic E-state index is 14.2. The molecule has 0 aliphatic heterocycles. The fraction of sp³-hybridized carbons (Fsp3) is 0.308. The molecule has 0 amide bonds. The van der Waals surface area contributed by atoms with Crippen LogP contribution in [0.1, 0.15) is 90.0 Å². The van der Waals surface area contributed by atoms with Gasteiger partial charge in [0.1, 0.15) is 11.9 Å². The van der Waals surface area contributed by atoms with Crippen molar-refractivity contribution in [1.82, 2.24) is 0 Å². The highest BCUT2D eigenvalue weighted by Crippen LogP contribution is 2.41. The second kappa shape index (κ2) is 24.0. The predicted molar refractivity (Wildman–Crippen MR) is 251 cm³/mol. The number of ether oxygens (including phenoxy) is 1. The van der Waals surface area contributed by atoms with E-state index in [0.717, 1.165) is 12.4 Å². The molecule has 430 valence electrons. The van der Waals surface area contributed by atoms with Crippen molar-refractivity contribution in [2.75, 3.05) is 6.61 Å². The van der Waals surface area contributed by atoms with Gasteiger partial charge in [-0.3, -0.25) is 0 Å². The van der Waals surface area contributed by atoms with Crippen molar-refractivity contribution in [1.29, 1.82) is 0 Å². The highest BCUT2D eigenvalue weighted by Gasteiger charge is 2.47. The van der Waals surface area contributed by atoms with Gasteiger partial charge < -0.3 is 4.74 Å². The van der Waals surface area contributed by atoms with Crippen molar-refractivity contribution < 1.29 is 110 Å². The molecule has 6 rings (SSSR count). The molecule has 0 spiro atoms. The minimum atomic E-state index is -6.13. The predicted octanol–water partition coefficient (Wildman–Crippen LogP) is 16.0. The second-order valence-electron chi connectivity index (χ2n) is 18.0. The highest BCUT2D eigenvalue weighted by molar-refractivity contribution is 7.55. The molecular weight excluding hydrogens is 1140 g/mol. The standard InChI is InChI=1S/C32H12BF24.C20H27OP/c34-25(35,36)13-1-14(26(37,38)39)6-21(5-13)33(22-7-15(27(40,41)42)2-16(8-22)28(43,44)45,23-9-17(29(46,47)48)3-18(10-23)30(49,50)51)24-11-19(31(52,53)54)4-20(12-24)32(55,56)57;1-2-3-4-5-6-10-17-21-18-13-15-20(16-14-18)22-19-11-8-7-9-12-19/h1-12H;7-9,11-16,22H,2-6,10,17H2,1H3/q-1;/p+1. The molecule has 79 heavy (non-hydrogen) atoms. The number of unbranched alkanes of at least 4 members (excludes halogenated alkanes) is 5. The third-order valence-electron chi connectivity index (χ3n) is 12.2. The number of hydrogen-bond donors (Lipinski definition) is 0. The Balaban J connectivity index is 0.000000433. The van der Waals surface area contributed by atoms with E-state index in [0.29, 0.717) is 0 Å². The molecule has 0 heterocycles. The lowest BCUT2D eigenvalue weighted by molar-refractivity contribution is -0.144. The van der Waals surface area contributed by atoms with E-state index < -0.39 is 195 Å². The Labute approximate surface area is 435 Å². The summed E-state index contributed by atoms with van der Waals surface area (Å²) in [6, 6.07) is 10.5. The van der Waals surface area contributed by atoms with Gasteiger partial charge in [-0.15, -0.1) is 0 Å². The Morgan fingerprint density at radius 1 is 0.316 bits per heavy atom. The fourth-order valence-electron chi connectivity index (χ4n) is 8.54. The SMILES string of the molecule is CCCCCCCCOc1ccc([PH2+]c2ccccc2)cc1.FC(F)(F)c1cc([B-](c2cc(C(F)(F)F)cc(C(F)(F)F)c2)(c2cc(C(F)(F)F)cc(C(F)(F)F)c2)c2cc(C(F)(F)F)cc(C(F)(F)F)c2)cc(C(F)(F)F)c1. The summed E-state index contributed by atoms with van der Waals surface area (Å²) in [6.07, 6.45) is -47.0. The topological polar surface area (TPSA) is 9.23 Å². The first-order valence-electron chi connectivity index (χ1n) is 23.1. The monoisotopic (exact) mass is 1180 g/mol. The Bertz CT molecular complexity index is 2550. The van der Waals surface area contributed by atoms with Gasteiger partial charge in [0.25, 0.3) is 0 Å². The number of halogens is 24. The third-order valence-corrected chi connectivity index (χ3v) is 13.7. The van der Waals surface area contributed by atoms with Crippen LogP contribution >= 0.6 is 8.58 Å². The van der Waals surface area contributed by atoms with Gasteiger partial charge >= 0.3 is 49.4 Å². The first-order valence-corrected chi connectivity index (χ1v) is 24.3. The summed E-state index contributed by atoms with van der Waals surface area (Å²) in [7, 11) is 0.189. The van der Waals surface area contributed by atoms with Crippen molar-refractivity contribution in [3.63, 3.8) is 0 Å². The zero-order valence-corrected chi connectivity index (χ0v) is 41.4. The first kappa shape index (κ1) is 63.8. The highest BCUT2D eigenvalue weighted by atomic mass is 31.1. The number of hydrogen-bond acceptors (Lipinski definition) is 1. The van der Waals surface area contributed by atoms with E-state index in [1.807, 2.05) is 0 Å². The molecule has 0 saturated carbocycles. The van der Waals surface area contributed by atoms with Crippen molar-refractivity contribution in [3.05, 3.63) is 172 Å². The van der Waals surface area contributed by atoms with Gasteiger partial charge in [-0.25, -0.2) is 0 Å². The van der Waals surface area contributed by atoms with Crippen LogP contribution in [0.25, 0.3) is 0 Å². The molecule has 6 aromatic carbocycles.